The van der Waals surface area contributed by atoms with Gasteiger partial charge in [0.15, 0.2) is 0 Å². The monoisotopic (exact) mass is 1100 g/mol. The molecule has 2 unspecified atom stereocenters. The minimum Gasteiger partial charge on any atom is -0.455 e. The quantitative estimate of drug-likeness (QED) is 0.121. The molecule has 1 aromatic heterocycles. The molecule has 10 aromatic carbocycles. The lowest BCUT2D eigenvalue weighted by Crippen LogP contribution is -2.29. The van der Waals surface area contributed by atoms with Gasteiger partial charge in [-0.3, -0.25) is 0 Å². The highest BCUT2D eigenvalue weighted by atomic mass is 32.2. The van der Waals surface area contributed by atoms with Crippen LogP contribution in [0.3, 0.4) is 0 Å². The summed E-state index contributed by atoms with van der Waals surface area (Å²) in [5, 5.41) is 2.36. The van der Waals surface area contributed by atoms with Crippen molar-refractivity contribution in [3.63, 3.8) is 0 Å². The van der Waals surface area contributed by atoms with Crippen LogP contribution in [-0.2, 0) is 33.5 Å². The molecule has 1 heterocycles. The molecule has 0 bridgehead atoms. The minimum atomic E-state index is -0.767. The first-order valence-electron chi connectivity index (χ1n) is 29.9. The van der Waals surface area contributed by atoms with Crippen LogP contribution in [0.2, 0.25) is 0 Å². The fourth-order valence-corrected chi connectivity index (χ4v) is 13.7. The molecule has 3 heteroatoms. The van der Waals surface area contributed by atoms with E-state index in [1.807, 2.05) is 11.8 Å². The van der Waals surface area contributed by atoms with E-state index in [-0.39, 0.29) is 27.6 Å². The van der Waals surface area contributed by atoms with Gasteiger partial charge in [0.05, 0.1) is 5.41 Å². The lowest BCUT2D eigenvalue weighted by Gasteiger charge is -2.36. The number of aryl methyl sites for hydroxylation is 1. The van der Waals surface area contributed by atoms with Gasteiger partial charge in [-0.15, -0.1) is 0 Å². The molecule has 0 amide bonds. The maximum Gasteiger partial charge on any atom is 0.143 e. The highest BCUT2D eigenvalue weighted by Gasteiger charge is 2.49. The summed E-state index contributed by atoms with van der Waals surface area (Å²) in [6, 6.07) is 87.6. The van der Waals surface area contributed by atoms with Crippen LogP contribution >= 0.6 is 11.8 Å². The van der Waals surface area contributed by atoms with Gasteiger partial charge in [-0.1, -0.05) is 259 Å². The van der Waals surface area contributed by atoms with Crippen LogP contribution in [0.5, 0.6) is 0 Å². The third kappa shape index (κ3) is 10.6. The Labute approximate surface area is 498 Å². The van der Waals surface area contributed by atoms with Crippen LogP contribution in [0.15, 0.2) is 245 Å². The third-order valence-electron chi connectivity index (χ3n) is 17.6. The number of anilines is 3. The lowest BCUT2D eigenvalue weighted by molar-refractivity contribution is 0.589. The number of fused-ring (bicyclic) bond motifs is 7. The van der Waals surface area contributed by atoms with E-state index >= 15 is 0 Å². The predicted octanol–water partition coefficient (Wildman–Crippen LogP) is 22.5. The SMILES string of the molecule is CC(C)(C)c1ccc(Sc2ccc(C3(c4ccc(C(C)(C)C)cc4)c4cc(N(c5ccccc5)c5ccc(C(C)(C)C)cc5)ccc4-c4c3cc(CCC(c3ccccc3)c3ccc(C(C)(C)C)cc3)c3c4oc4ccccc43)cc2)cc1. The zero-order valence-electron chi connectivity index (χ0n) is 50.7. The highest BCUT2D eigenvalue weighted by Crippen LogP contribution is 2.61. The average molecular weight is 1100 g/mol. The molecule has 0 fully saturated rings. The van der Waals surface area contributed by atoms with Crippen molar-refractivity contribution < 1.29 is 4.42 Å². The van der Waals surface area contributed by atoms with E-state index in [1.54, 1.807) is 0 Å². The summed E-state index contributed by atoms with van der Waals surface area (Å²) in [6.45, 7) is 27.5. The number of nitrogens with zero attached hydrogens (tertiary/aromatic N) is 1. The van der Waals surface area contributed by atoms with Crippen molar-refractivity contribution >= 4 is 50.8 Å². The first-order chi connectivity index (χ1) is 39.7. The molecule has 12 rings (SSSR count). The first-order valence-corrected chi connectivity index (χ1v) is 30.7. The predicted molar refractivity (Wildman–Crippen MR) is 354 cm³/mol. The number of benzene rings is 10. The molecule has 0 radical (unpaired) electrons. The van der Waals surface area contributed by atoms with Gasteiger partial charge in [0, 0.05) is 49.1 Å². The summed E-state index contributed by atoms with van der Waals surface area (Å²) in [5.74, 6) is 0.178. The molecule has 1 aliphatic carbocycles. The zero-order valence-corrected chi connectivity index (χ0v) is 51.5. The molecule has 83 heavy (non-hydrogen) atoms. The Balaban J connectivity index is 1.12. The Bertz CT molecular complexity index is 4090. The average Bonchev–Trinajstić information content (AvgIpc) is 1.83. The summed E-state index contributed by atoms with van der Waals surface area (Å²) in [4.78, 5) is 4.87. The number of hydrogen-bond donors (Lipinski definition) is 0. The Morgan fingerprint density at radius 1 is 0.422 bits per heavy atom. The molecular weight excluding hydrogens is 1020 g/mol. The molecule has 2 nitrogen and oxygen atoms in total. The molecule has 11 aromatic rings. The summed E-state index contributed by atoms with van der Waals surface area (Å²) < 4.78 is 7.40. The van der Waals surface area contributed by atoms with Crippen LogP contribution in [0.25, 0.3) is 33.1 Å². The van der Waals surface area contributed by atoms with Gasteiger partial charge in [-0.2, -0.15) is 0 Å². The van der Waals surface area contributed by atoms with Gasteiger partial charge in [-0.25, -0.2) is 0 Å². The van der Waals surface area contributed by atoms with Crippen molar-refractivity contribution in [3.05, 3.63) is 292 Å². The van der Waals surface area contributed by atoms with Crippen LogP contribution in [0.1, 0.15) is 157 Å². The van der Waals surface area contributed by atoms with Gasteiger partial charge in [0.25, 0.3) is 0 Å². The Kier molecular flexibility index (Phi) is 14.4. The van der Waals surface area contributed by atoms with Crippen molar-refractivity contribution in [2.24, 2.45) is 0 Å². The Hall–Kier alpha value is -7.85. The second-order valence-electron chi connectivity index (χ2n) is 27.3. The van der Waals surface area contributed by atoms with Gasteiger partial charge in [-0.05, 0) is 168 Å². The zero-order chi connectivity index (χ0) is 58.1. The first kappa shape index (κ1) is 55.7. The summed E-state index contributed by atoms with van der Waals surface area (Å²) in [5.41, 5.74) is 21.1. The number of rotatable bonds is 12. The molecule has 416 valence electrons. The normalized spacial score (nSPS) is 14.9. The van der Waals surface area contributed by atoms with Crippen LogP contribution in [0.4, 0.5) is 17.1 Å². The number of furan rings is 1. The topological polar surface area (TPSA) is 16.4 Å². The summed E-state index contributed by atoms with van der Waals surface area (Å²) in [6.07, 6.45) is 1.75. The van der Waals surface area contributed by atoms with E-state index in [0.717, 1.165) is 52.0 Å². The van der Waals surface area contributed by atoms with E-state index < -0.39 is 5.41 Å². The van der Waals surface area contributed by atoms with E-state index in [4.69, 9.17) is 4.42 Å². The molecule has 1 aliphatic rings. The molecule has 0 aliphatic heterocycles. The molecule has 0 saturated heterocycles. The molecule has 0 N–H and O–H groups in total. The molecule has 0 saturated carbocycles. The molecule has 0 spiro atoms. The van der Waals surface area contributed by atoms with Crippen molar-refractivity contribution in [2.45, 2.75) is 139 Å². The van der Waals surface area contributed by atoms with E-state index in [1.165, 1.54) is 81.9 Å². The van der Waals surface area contributed by atoms with E-state index in [9.17, 15) is 0 Å². The fourth-order valence-electron chi connectivity index (χ4n) is 12.9. The lowest BCUT2D eigenvalue weighted by atomic mass is 9.66. The Morgan fingerprint density at radius 3 is 1.43 bits per heavy atom. The molecular formula is C80H79NOS. The van der Waals surface area contributed by atoms with Gasteiger partial charge in [0.1, 0.15) is 11.2 Å². The van der Waals surface area contributed by atoms with Gasteiger partial charge < -0.3 is 9.32 Å². The van der Waals surface area contributed by atoms with Crippen LogP contribution in [-0.4, -0.2) is 0 Å². The standard InChI is InChI=1S/C80H79NOS/c1-76(2,3)56-30-27-54(28-31-56)67(53-21-15-13-16-22-53)49-29-55-51-71-74(75-73(55)69-25-19-20-26-72(69)82-75)68-50-44-64(81(62-23-17-14-18-24-62)63-42-36-58(37-43-63)78(7,8)9)52-70(68)80(71,60-34-32-57(33-35-60)77(4,5)6)61-40-47-66(48-41-61)83-65-45-38-59(39-46-65)79(10,11)12/h13-28,30-48,50-52,67H,29,49H2,1-12H3. The van der Waals surface area contributed by atoms with Gasteiger partial charge >= 0.3 is 0 Å². The summed E-state index contributed by atoms with van der Waals surface area (Å²) in [7, 11) is 0. The minimum absolute atomic E-state index is 0.0174. The highest BCUT2D eigenvalue weighted by molar-refractivity contribution is 7.99. The maximum atomic E-state index is 7.40. The number of para-hydroxylation sites is 2. The summed E-state index contributed by atoms with van der Waals surface area (Å²) >= 11 is 1.83. The van der Waals surface area contributed by atoms with Gasteiger partial charge in [0.2, 0.25) is 0 Å². The smallest absolute Gasteiger partial charge is 0.143 e. The van der Waals surface area contributed by atoms with Crippen molar-refractivity contribution in [1.29, 1.82) is 0 Å². The maximum absolute atomic E-state index is 7.40. The van der Waals surface area contributed by atoms with Crippen molar-refractivity contribution in [1.82, 2.24) is 0 Å². The third-order valence-corrected chi connectivity index (χ3v) is 18.6. The largest absolute Gasteiger partial charge is 0.455 e. The van der Waals surface area contributed by atoms with Crippen LogP contribution < -0.4 is 4.90 Å². The second kappa shape index (κ2) is 21.4. The van der Waals surface area contributed by atoms with Crippen molar-refractivity contribution in [2.75, 3.05) is 4.90 Å². The Morgan fingerprint density at radius 2 is 0.867 bits per heavy atom. The van der Waals surface area contributed by atoms with Crippen LogP contribution in [0, 0.1) is 0 Å². The number of hydrogen-bond acceptors (Lipinski definition) is 3. The second-order valence-corrected chi connectivity index (χ2v) is 28.5. The van der Waals surface area contributed by atoms with E-state index in [0.29, 0.717) is 0 Å². The van der Waals surface area contributed by atoms with Crippen molar-refractivity contribution in [3.8, 4) is 11.1 Å². The van der Waals surface area contributed by atoms with E-state index in [2.05, 4.69) is 319 Å². The molecule has 2 atom stereocenters. The fraction of sp³-hybridized carbons (Fsp3) is 0.250.